The molecule has 1 heterocycles. The van der Waals surface area contributed by atoms with Gasteiger partial charge >= 0.3 is 0 Å². The first-order valence-electron chi connectivity index (χ1n) is 8.60. The zero-order valence-corrected chi connectivity index (χ0v) is 14.2. The summed E-state index contributed by atoms with van der Waals surface area (Å²) in [6, 6.07) is 21.1. The predicted octanol–water partition coefficient (Wildman–Crippen LogP) is 4.21. The van der Waals surface area contributed by atoms with E-state index in [0.29, 0.717) is 5.92 Å². The van der Waals surface area contributed by atoms with Crippen LogP contribution >= 0.6 is 0 Å². The largest absolute Gasteiger partial charge is 0.496 e. The van der Waals surface area contributed by atoms with E-state index in [9.17, 15) is 5.26 Å². The summed E-state index contributed by atoms with van der Waals surface area (Å²) in [5, 5.41) is 9.73. The minimum atomic E-state index is -0.0833. The molecule has 0 spiro atoms. The van der Waals surface area contributed by atoms with Crippen LogP contribution in [0.25, 0.3) is 0 Å². The standard InChI is InChI=1S/C21H24N2O/c1-24-21-10-6-5-9-19(21)20(15-22)18-11-13-23(14-12-18)16-17-7-3-2-4-8-17/h2-10,18,20H,11-14,16H2,1H3. The number of hydrogen-bond acceptors (Lipinski definition) is 3. The van der Waals surface area contributed by atoms with Gasteiger partial charge < -0.3 is 4.74 Å². The fourth-order valence-electron chi connectivity index (χ4n) is 3.64. The lowest BCUT2D eigenvalue weighted by atomic mass is 9.80. The zero-order valence-electron chi connectivity index (χ0n) is 14.2. The van der Waals surface area contributed by atoms with Crippen molar-refractivity contribution in [2.24, 2.45) is 5.92 Å². The highest BCUT2D eigenvalue weighted by Gasteiger charge is 2.29. The number of nitrogens with zero attached hydrogens (tertiary/aromatic N) is 2. The monoisotopic (exact) mass is 320 g/mol. The van der Waals surface area contributed by atoms with Crippen LogP contribution in [0.4, 0.5) is 0 Å². The fourth-order valence-corrected chi connectivity index (χ4v) is 3.64. The Morgan fingerprint density at radius 2 is 1.75 bits per heavy atom. The van der Waals surface area contributed by atoms with E-state index in [-0.39, 0.29) is 5.92 Å². The highest BCUT2D eigenvalue weighted by atomic mass is 16.5. The van der Waals surface area contributed by atoms with Gasteiger partial charge in [0, 0.05) is 12.1 Å². The first kappa shape index (κ1) is 16.5. The van der Waals surface area contributed by atoms with Crippen molar-refractivity contribution in [1.82, 2.24) is 4.90 Å². The molecule has 124 valence electrons. The van der Waals surface area contributed by atoms with Crippen molar-refractivity contribution in [2.75, 3.05) is 20.2 Å². The summed E-state index contributed by atoms with van der Waals surface area (Å²) in [7, 11) is 1.68. The van der Waals surface area contributed by atoms with Crippen molar-refractivity contribution in [2.45, 2.75) is 25.3 Å². The third-order valence-electron chi connectivity index (χ3n) is 4.97. The van der Waals surface area contributed by atoms with Crippen LogP contribution in [-0.4, -0.2) is 25.1 Å². The van der Waals surface area contributed by atoms with Crippen molar-refractivity contribution in [3.8, 4) is 11.8 Å². The molecule has 1 aliphatic heterocycles. The van der Waals surface area contributed by atoms with Crippen molar-refractivity contribution >= 4 is 0 Å². The molecule has 0 bridgehead atoms. The van der Waals surface area contributed by atoms with Crippen LogP contribution in [0.5, 0.6) is 5.75 Å². The van der Waals surface area contributed by atoms with E-state index in [4.69, 9.17) is 4.74 Å². The van der Waals surface area contributed by atoms with Gasteiger partial charge in [0.2, 0.25) is 0 Å². The summed E-state index contributed by atoms with van der Waals surface area (Å²) in [6.07, 6.45) is 2.12. The molecule has 2 aromatic carbocycles. The van der Waals surface area contributed by atoms with Gasteiger partial charge in [-0.2, -0.15) is 5.26 Å². The quantitative estimate of drug-likeness (QED) is 0.828. The summed E-state index contributed by atoms with van der Waals surface area (Å²) in [5.74, 6) is 1.15. The summed E-state index contributed by atoms with van der Waals surface area (Å²) in [5.41, 5.74) is 2.39. The molecule has 1 saturated heterocycles. The van der Waals surface area contributed by atoms with Gasteiger partial charge in [0.1, 0.15) is 5.75 Å². The molecular formula is C21H24N2O. The maximum atomic E-state index is 9.73. The molecule has 3 rings (SSSR count). The lowest BCUT2D eigenvalue weighted by molar-refractivity contribution is 0.170. The Morgan fingerprint density at radius 1 is 1.08 bits per heavy atom. The second kappa shape index (κ2) is 7.99. The lowest BCUT2D eigenvalue weighted by Crippen LogP contribution is -2.35. The number of rotatable bonds is 5. The second-order valence-corrected chi connectivity index (χ2v) is 6.45. The Hall–Kier alpha value is -2.31. The average molecular weight is 320 g/mol. The normalized spacial score (nSPS) is 17.2. The van der Waals surface area contributed by atoms with Crippen LogP contribution in [0.2, 0.25) is 0 Å². The van der Waals surface area contributed by atoms with Crippen LogP contribution in [0, 0.1) is 17.2 Å². The topological polar surface area (TPSA) is 36.3 Å². The highest BCUT2D eigenvalue weighted by molar-refractivity contribution is 5.39. The van der Waals surface area contributed by atoms with E-state index >= 15 is 0 Å². The molecule has 1 fully saturated rings. The second-order valence-electron chi connectivity index (χ2n) is 6.45. The van der Waals surface area contributed by atoms with E-state index in [1.165, 1.54) is 5.56 Å². The van der Waals surface area contributed by atoms with Crippen molar-refractivity contribution in [3.63, 3.8) is 0 Å². The maximum Gasteiger partial charge on any atom is 0.123 e. The molecule has 1 aliphatic rings. The van der Waals surface area contributed by atoms with Crippen molar-refractivity contribution in [1.29, 1.82) is 5.26 Å². The van der Waals surface area contributed by atoms with Crippen molar-refractivity contribution < 1.29 is 4.74 Å². The summed E-state index contributed by atoms with van der Waals surface area (Å²) >= 11 is 0. The number of piperidine rings is 1. The third-order valence-corrected chi connectivity index (χ3v) is 4.97. The first-order valence-corrected chi connectivity index (χ1v) is 8.60. The van der Waals surface area contributed by atoms with Crippen LogP contribution < -0.4 is 4.74 Å². The zero-order chi connectivity index (χ0) is 16.8. The highest BCUT2D eigenvalue weighted by Crippen LogP contribution is 2.36. The molecule has 3 heteroatoms. The Labute approximate surface area is 144 Å². The summed E-state index contributed by atoms with van der Waals surface area (Å²) < 4.78 is 5.46. The molecule has 2 aromatic rings. The van der Waals surface area contributed by atoms with Crippen LogP contribution in [-0.2, 0) is 6.54 Å². The van der Waals surface area contributed by atoms with Crippen LogP contribution in [0.15, 0.2) is 54.6 Å². The van der Waals surface area contributed by atoms with Crippen LogP contribution in [0.1, 0.15) is 29.9 Å². The van der Waals surface area contributed by atoms with Gasteiger partial charge in [-0.3, -0.25) is 4.90 Å². The minimum absolute atomic E-state index is 0.0833. The molecule has 0 radical (unpaired) electrons. The van der Waals surface area contributed by atoms with Gasteiger partial charge in [-0.05, 0) is 43.5 Å². The summed E-state index contributed by atoms with van der Waals surface area (Å²) in [6.45, 7) is 3.10. The number of nitriles is 1. The number of ether oxygens (including phenoxy) is 1. The SMILES string of the molecule is COc1ccccc1C(C#N)C1CCN(Cc2ccccc2)CC1. The van der Waals surface area contributed by atoms with Gasteiger partial charge in [0.15, 0.2) is 0 Å². The third kappa shape index (κ3) is 3.77. The van der Waals surface area contributed by atoms with Gasteiger partial charge in [-0.15, -0.1) is 0 Å². The van der Waals surface area contributed by atoms with Crippen molar-refractivity contribution in [3.05, 3.63) is 65.7 Å². The Kier molecular flexibility index (Phi) is 5.51. The van der Waals surface area contributed by atoms with E-state index in [0.717, 1.165) is 43.8 Å². The van der Waals surface area contributed by atoms with E-state index in [2.05, 4.69) is 41.3 Å². The van der Waals surface area contributed by atoms with E-state index in [1.807, 2.05) is 24.3 Å². The smallest absolute Gasteiger partial charge is 0.123 e. The molecule has 1 unspecified atom stereocenters. The van der Waals surface area contributed by atoms with Gasteiger partial charge in [-0.25, -0.2) is 0 Å². The Bertz CT molecular complexity index is 684. The molecule has 0 amide bonds. The number of para-hydroxylation sites is 1. The average Bonchev–Trinajstić information content (AvgIpc) is 2.65. The van der Waals surface area contributed by atoms with E-state index < -0.39 is 0 Å². The summed E-state index contributed by atoms with van der Waals surface area (Å²) in [4.78, 5) is 2.49. The molecule has 0 N–H and O–H groups in total. The molecule has 1 atom stereocenters. The molecule has 0 aromatic heterocycles. The van der Waals surface area contributed by atoms with Crippen LogP contribution in [0.3, 0.4) is 0 Å². The number of hydrogen-bond donors (Lipinski definition) is 0. The molecule has 3 nitrogen and oxygen atoms in total. The number of benzene rings is 2. The lowest BCUT2D eigenvalue weighted by Gasteiger charge is -2.34. The Balaban J connectivity index is 1.64. The van der Waals surface area contributed by atoms with Gasteiger partial charge in [-0.1, -0.05) is 48.5 Å². The predicted molar refractivity (Wildman–Crippen MR) is 95.8 cm³/mol. The van der Waals surface area contributed by atoms with Gasteiger partial charge in [0.05, 0.1) is 19.1 Å². The van der Waals surface area contributed by atoms with Gasteiger partial charge in [0.25, 0.3) is 0 Å². The number of methoxy groups -OCH3 is 1. The first-order chi connectivity index (χ1) is 11.8. The fraction of sp³-hybridized carbons (Fsp3) is 0.381. The minimum Gasteiger partial charge on any atom is -0.496 e. The molecule has 0 aliphatic carbocycles. The number of likely N-dealkylation sites (tertiary alicyclic amines) is 1. The Morgan fingerprint density at radius 3 is 2.42 bits per heavy atom. The molecule has 0 saturated carbocycles. The molecular weight excluding hydrogens is 296 g/mol. The van der Waals surface area contributed by atoms with E-state index in [1.54, 1.807) is 7.11 Å². The maximum absolute atomic E-state index is 9.73. The molecule has 24 heavy (non-hydrogen) atoms.